The van der Waals surface area contributed by atoms with E-state index in [2.05, 4.69) is 4.90 Å². The second kappa shape index (κ2) is 6.29. The first-order chi connectivity index (χ1) is 9.34. The molecule has 19 heavy (non-hydrogen) atoms. The van der Waals surface area contributed by atoms with E-state index in [1.54, 1.807) is 11.8 Å². The number of amides is 1. The van der Waals surface area contributed by atoms with E-state index >= 15 is 0 Å². The van der Waals surface area contributed by atoms with Gasteiger partial charge in [0.05, 0.1) is 11.8 Å². The first-order valence-corrected chi connectivity index (χ1v) is 8.86. The normalized spacial score (nSPS) is 29.4. The first-order valence-electron chi connectivity index (χ1n) is 7.87. The summed E-state index contributed by atoms with van der Waals surface area (Å²) in [6, 6.07) is 0.923. The van der Waals surface area contributed by atoms with Crippen molar-refractivity contribution in [2.24, 2.45) is 4.99 Å². The summed E-state index contributed by atoms with van der Waals surface area (Å²) in [6.45, 7) is 0. The van der Waals surface area contributed by atoms with Crippen molar-refractivity contribution in [2.45, 2.75) is 76.3 Å². The molecule has 1 amide bonds. The molecule has 2 saturated carbocycles. The summed E-state index contributed by atoms with van der Waals surface area (Å²) < 4.78 is 0. The van der Waals surface area contributed by atoms with Crippen LogP contribution in [0.5, 0.6) is 0 Å². The molecule has 0 aromatic rings. The molecule has 1 heterocycles. The topological polar surface area (TPSA) is 32.7 Å². The Morgan fingerprint density at radius 1 is 0.947 bits per heavy atom. The maximum absolute atomic E-state index is 12.1. The van der Waals surface area contributed by atoms with Crippen molar-refractivity contribution in [2.75, 3.05) is 5.75 Å². The number of thioether (sulfide) groups is 1. The van der Waals surface area contributed by atoms with Gasteiger partial charge in [-0.2, -0.15) is 0 Å². The Hall–Kier alpha value is -0.510. The van der Waals surface area contributed by atoms with Gasteiger partial charge in [0.1, 0.15) is 0 Å². The van der Waals surface area contributed by atoms with Gasteiger partial charge in [-0.1, -0.05) is 50.3 Å². The maximum Gasteiger partial charge on any atom is 0.239 e. The van der Waals surface area contributed by atoms with E-state index in [0.717, 1.165) is 5.17 Å². The van der Waals surface area contributed by atoms with E-state index in [-0.39, 0.29) is 0 Å². The van der Waals surface area contributed by atoms with Gasteiger partial charge in [0.15, 0.2) is 5.17 Å². The number of carbonyl (C=O) groups is 1. The number of amidine groups is 1. The van der Waals surface area contributed by atoms with Crippen LogP contribution in [0, 0.1) is 0 Å². The van der Waals surface area contributed by atoms with Gasteiger partial charge in [-0.25, -0.2) is 0 Å². The van der Waals surface area contributed by atoms with Gasteiger partial charge in [-0.15, -0.1) is 0 Å². The van der Waals surface area contributed by atoms with Gasteiger partial charge in [0.2, 0.25) is 5.91 Å². The number of hydrogen-bond acceptors (Lipinski definition) is 3. The van der Waals surface area contributed by atoms with Crippen molar-refractivity contribution in [3.05, 3.63) is 0 Å². The Kier molecular flexibility index (Phi) is 4.46. The molecule has 3 aliphatic rings. The highest BCUT2D eigenvalue weighted by Crippen LogP contribution is 2.31. The highest BCUT2D eigenvalue weighted by Gasteiger charge is 2.35. The number of hydrogen-bond donors (Lipinski definition) is 0. The molecule has 0 radical (unpaired) electrons. The van der Waals surface area contributed by atoms with Gasteiger partial charge >= 0.3 is 0 Å². The first kappa shape index (κ1) is 13.5. The number of carbonyl (C=O) groups excluding carboxylic acids is 1. The predicted octanol–water partition coefficient (Wildman–Crippen LogP) is 3.58. The Balaban J connectivity index is 1.71. The zero-order valence-corrected chi connectivity index (χ0v) is 12.5. The zero-order chi connectivity index (χ0) is 13.1. The van der Waals surface area contributed by atoms with Crippen LogP contribution in [0.3, 0.4) is 0 Å². The Morgan fingerprint density at radius 2 is 1.58 bits per heavy atom. The molecule has 3 nitrogen and oxygen atoms in total. The van der Waals surface area contributed by atoms with Crippen LogP contribution in [-0.2, 0) is 4.79 Å². The van der Waals surface area contributed by atoms with Gasteiger partial charge in [-0.3, -0.25) is 14.7 Å². The lowest BCUT2D eigenvalue weighted by molar-refractivity contribution is -0.126. The summed E-state index contributed by atoms with van der Waals surface area (Å²) in [5.41, 5.74) is 0. The summed E-state index contributed by atoms with van der Waals surface area (Å²) >= 11 is 1.67. The van der Waals surface area contributed by atoms with E-state index in [1.165, 1.54) is 64.2 Å². The smallest absolute Gasteiger partial charge is 0.239 e. The third-order valence-electron chi connectivity index (χ3n) is 4.61. The lowest BCUT2D eigenvalue weighted by Crippen LogP contribution is -2.41. The molecule has 0 unspecified atom stereocenters. The molecule has 1 saturated heterocycles. The van der Waals surface area contributed by atoms with Gasteiger partial charge < -0.3 is 0 Å². The average Bonchev–Trinajstić information content (AvgIpc) is 2.82. The minimum atomic E-state index is 0.298. The summed E-state index contributed by atoms with van der Waals surface area (Å²) in [5, 5.41) is 1.05. The van der Waals surface area contributed by atoms with Crippen molar-refractivity contribution in [3.8, 4) is 0 Å². The average molecular weight is 280 g/mol. The standard InChI is InChI=1S/C15H24N2OS/c18-14-11-19-15(16-12-7-3-1-4-8-12)17(14)13-9-5-2-6-10-13/h12-13H,1-11H2. The second-order valence-electron chi connectivity index (χ2n) is 6.05. The van der Waals surface area contributed by atoms with Gasteiger partial charge in [-0.05, 0) is 25.7 Å². The molecule has 106 valence electrons. The van der Waals surface area contributed by atoms with Crippen LogP contribution < -0.4 is 0 Å². The molecule has 0 N–H and O–H groups in total. The van der Waals surface area contributed by atoms with Crippen molar-refractivity contribution < 1.29 is 4.79 Å². The maximum atomic E-state index is 12.1. The molecule has 1 aliphatic heterocycles. The third kappa shape index (κ3) is 3.15. The fourth-order valence-electron chi connectivity index (χ4n) is 3.54. The van der Waals surface area contributed by atoms with E-state index < -0.39 is 0 Å². The quantitative estimate of drug-likeness (QED) is 0.774. The minimum absolute atomic E-state index is 0.298. The Morgan fingerprint density at radius 3 is 2.26 bits per heavy atom. The van der Waals surface area contributed by atoms with Gasteiger partial charge in [0.25, 0.3) is 0 Å². The fourth-order valence-corrected chi connectivity index (χ4v) is 4.54. The minimum Gasteiger partial charge on any atom is -0.288 e. The van der Waals surface area contributed by atoms with Crippen molar-refractivity contribution in [1.29, 1.82) is 0 Å². The molecule has 0 atom stereocenters. The largest absolute Gasteiger partial charge is 0.288 e. The number of nitrogens with zero attached hydrogens (tertiary/aromatic N) is 2. The van der Waals surface area contributed by atoms with Crippen LogP contribution in [0.2, 0.25) is 0 Å². The summed E-state index contributed by atoms with van der Waals surface area (Å²) in [7, 11) is 0. The van der Waals surface area contributed by atoms with Crippen LogP contribution in [0.25, 0.3) is 0 Å². The van der Waals surface area contributed by atoms with Crippen LogP contribution in [0.4, 0.5) is 0 Å². The summed E-state index contributed by atoms with van der Waals surface area (Å²) in [4.78, 5) is 19.1. The lowest BCUT2D eigenvalue weighted by Gasteiger charge is -2.31. The molecule has 3 rings (SSSR count). The summed E-state index contributed by atoms with van der Waals surface area (Å²) in [6.07, 6.45) is 12.7. The molecule has 0 aromatic carbocycles. The Labute approximate surface area is 120 Å². The number of rotatable bonds is 2. The van der Waals surface area contributed by atoms with E-state index in [0.29, 0.717) is 23.7 Å². The van der Waals surface area contributed by atoms with Crippen LogP contribution in [0.1, 0.15) is 64.2 Å². The zero-order valence-electron chi connectivity index (χ0n) is 11.6. The van der Waals surface area contributed by atoms with E-state index in [4.69, 9.17) is 4.99 Å². The van der Waals surface area contributed by atoms with Crippen LogP contribution in [-0.4, -0.2) is 33.8 Å². The van der Waals surface area contributed by atoms with Crippen molar-refractivity contribution in [1.82, 2.24) is 4.90 Å². The SMILES string of the molecule is O=C1CSC(=NC2CCCCC2)N1C1CCCCC1. The molecule has 4 heteroatoms. The van der Waals surface area contributed by atoms with Crippen molar-refractivity contribution in [3.63, 3.8) is 0 Å². The fraction of sp³-hybridized carbons (Fsp3) is 0.867. The molecule has 0 aromatic heterocycles. The highest BCUT2D eigenvalue weighted by atomic mass is 32.2. The lowest BCUT2D eigenvalue weighted by atomic mass is 9.94. The molecule has 2 aliphatic carbocycles. The molecule has 3 fully saturated rings. The Bertz CT molecular complexity index is 357. The number of aliphatic imine (C=N–C) groups is 1. The molecular weight excluding hydrogens is 256 g/mol. The third-order valence-corrected chi connectivity index (χ3v) is 5.56. The van der Waals surface area contributed by atoms with Crippen molar-refractivity contribution >= 4 is 22.8 Å². The predicted molar refractivity (Wildman–Crippen MR) is 80.5 cm³/mol. The second-order valence-corrected chi connectivity index (χ2v) is 6.99. The highest BCUT2D eigenvalue weighted by molar-refractivity contribution is 8.15. The molecular formula is C15H24N2OS. The molecule has 0 bridgehead atoms. The van der Waals surface area contributed by atoms with E-state index in [9.17, 15) is 4.79 Å². The van der Waals surface area contributed by atoms with Gasteiger partial charge in [0, 0.05) is 6.04 Å². The van der Waals surface area contributed by atoms with Crippen LogP contribution in [0.15, 0.2) is 4.99 Å². The van der Waals surface area contributed by atoms with Crippen LogP contribution >= 0.6 is 11.8 Å². The molecule has 0 spiro atoms. The monoisotopic (exact) mass is 280 g/mol. The van der Waals surface area contributed by atoms with E-state index in [1.807, 2.05) is 0 Å². The summed E-state index contributed by atoms with van der Waals surface area (Å²) in [5.74, 6) is 0.911.